The van der Waals surface area contributed by atoms with Gasteiger partial charge in [-0.25, -0.2) is 9.59 Å². The van der Waals surface area contributed by atoms with E-state index in [1.807, 2.05) is 0 Å². The Kier molecular flexibility index (Phi) is 6.69. The molecule has 0 aliphatic carbocycles. The second-order valence-corrected chi connectivity index (χ2v) is 6.39. The first kappa shape index (κ1) is 20.9. The fourth-order valence-electron chi connectivity index (χ4n) is 3.03. The van der Waals surface area contributed by atoms with Crippen LogP contribution in [0.15, 0.2) is 59.8 Å². The van der Waals surface area contributed by atoms with E-state index in [0.717, 1.165) is 6.29 Å². The largest absolute Gasteiger partial charge is 0.497 e. The summed E-state index contributed by atoms with van der Waals surface area (Å²) in [5, 5.41) is 5.40. The van der Waals surface area contributed by atoms with Gasteiger partial charge in [0.15, 0.2) is 0 Å². The van der Waals surface area contributed by atoms with Crippen LogP contribution in [0.4, 0.5) is 4.79 Å². The molecule has 8 nitrogen and oxygen atoms in total. The smallest absolute Gasteiger partial charge is 0.338 e. The van der Waals surface area contributed by atoms with Gasteiger partial charge in [-0.2, -0.15) is 0 Å². The third kappa shape index (κ3) is 4.78. The topological polar surface area (TPSA) is 103 Å². The monoisotopic (exact) mass is 410 g/mol. The summed E-state index contributed by atoms with van der Waals surface area (Å²) in [4.78, 5) is 35.8. The van der Waals surface area contributed by atoms with E-state index in [4.69, 9.17) is 14.2 Å². The molecule has 0 saturated carbocycles. The van der Waals surface area contributed by atoms with E-state index in [1.54, 1.807) is 62.6 Å². The normalized spacial score (nSPS) is 15.7. The fraction of sp³-hybridized carbons (Fsp3) is 0.227. The minimum Gasteiger partial charge on any atom is -0.497 e. The van der Waals surface area contributed by atoms with Gasteiger partial charge in [-0.3, -0.25) is 4.79 Å². The second kappa shape index (κ2) is 9.60. The standard InChI is InChI=1S/C22H22N2O6/c1-3-29-21(26)19-18(13-30-17-8-4-14(12-25)5-9-17)23-22(27)24-20(19)15-6-10-16(28-2)11-7-15/h4-12,20H,3,13H2,1-2H3,(H2,23,24,27). The molecular weight excluding hydrogens is 388 g/mol. The summed E-state index contributed by atoms with van der Waals surface area (Å²) in [6.07, 6.45) is 0.734. The average molecular weight is 410 g/mol. The van der Waals surface area contributed by atoms with Crippen molar-refractivity contribution in [3.8, 4) is 11.5 Å². The highest BCUT2D eigenvalue weighted by Gasteiger charge is 2.34. The number of rotatable bonds is 8. The van der Waals surface area contributed by atoms with Crippen LogP contribution in [-0.2, 0) is 9.53 Å². The van der Waals surface area contributed by atoms with Crippen LogP contribution in [-0.4, -0.2) is 38.6 Å². The van der Waals surface area contributed by atoms with Gasteiger partial charge in [0.25, 0.3) is 0 Å². The summed E-state index contributed by atoms with van der Waals surface area (Å²) >= 11 is 0. The van der Waals surface area contributed by atoms with Crippen LogP contribution in [0.5, 0.6) is 11.5 Å². The van der Waals surface area contributed by atoms with Crippen LogP contribution in [0.2, 0.25) is 0 Å². The summed E-state index contributed by atoms with van der Waals surface area (Å²) in [5.74, 6) is 0.591. The molecule has 2 aromatic rings. The van der Waals surface area contributed by atoms with E-state index in [9.17, 15) is 14.4 Å². The Morgan fingerprint density at radius 3 is 2.33 bits per heavy atom. The Balaban J connectivity index is 1.93. The number of amides is 2. The molecular formula is C22H22N2O6. The number of carbonyl (C=O) groups excluding carboxylic acids is 3. The van der Waals surface area contributed by atoms with Crippen molar-refractivity contribution in [2.24, 2.45) is 0 Å². The molecule has 0 fully saturated rings. The lowest BCUT2D eigenvalue weighted by molar-refractivity contribution is -0.139. The van der Waals surface area contributed by atoms with Crippen molar-refractivity contribution in [1.82, 2.24) is 10.6 Å². The number of ether oxygens (including phenoxy) is 3. The van der Waals surface area contributed by atoms with Crippen molar-refractivity contribution in [2.45, 2.75) is 13.0 Å². The van der Waals surface area contributed by atoms with E-state index < -0.39 is 18.0 Å². The van der Waals surface area contributed by atoms with Gasteiger partial charge < -0.3 is 24.8 Å². The van der Waals surface area contributed by atoms with Gasteiger partial charge in [-0.15, -0.1) is 0 Å². The third-order valence-electron chi connectivity index (χ3n) is 4.50. The molecule has 1 aliphatic rings. The molecule has 1 unspecified atom stereocenters. The molecule has 2 aromatic carbocycles. The minimum atomic E-state index is -0.709. The Morgan fingerprint density at radius 2 is 1.73 bits per heavy atom. The number of urea groups is 1. The molecule has 2 N–H and O–H groups in total. The van der Waals surface area contributed by atoms with Crippen molar-refractivity contribution in [3.63, 3.8) is 0 Å². The molecule has 0 radical (unpaired) electrons. The predicted octanol–water partition coefficient (Wildman–Crippen LogP) is 2.76. The molecule has 0 aromatic heterocycles. The van der Waals surface area contributed by atoms with Gasteiger partial charge in [0, 0.05) is 5.56 Å². The fourth-order valence-corrected chi connectivity index (χ4v) is 3.03. The van der Waals surface area contributed by atoms with Crippen molar-refractivity contribution in [2.75, 3.05) is 20.3 Å². The third-order valence-corrected chi connectivity index (χ3v) is 4.50. The Bertz CT molecular complexity index is 951. The number of benzene rings is 2. The van der Waals surface area contributed by atoms with E-state index in [2.05, 4.69) is 10.6 Å². The summed E-state index contributed by atoms with van der Waals surface area (Å²) in [7, 11) is 1.56. The molecule has 1 aliphatic heterocycles. The highest BCUT2D eigenvalue weighted by Crippen LogP contribution is 2.29. The summed E-state index contributed by atoms with van der Waals surface area (Å²) in [6, 6.07) is 12.4. The number of hydrogen-bond acceptors (Lipinski definition) is 6. The van der Waals surface area contributed by atoms with Crippen LogP contribution in [0.25, 0.3) is 0 Å². The molecule has 30 heavy (non-hydrogen) atoms. The first-order valence-electron chi connectivity index (χ1n) is 9.35. The highest BCUT2D eigenvalue weighted by molar-refractivity contribution is 5.95. The Morgan fingerprint density at radius 1 is 1.07 bits per heavy atom. The van der Waals surface area contributed by atoms with E-state index in [1.165, 1.54) is 0 Å². The summed E-state index contributed by atoms with van der Waals surface area (Å²) in [5.41, 5.74) is 1.77. The first-order valence-corrected chi connectivity index (χ1v) is 9.35. The van der Waals surface area contributed by atoms with Crippen LogP contribution in [0, 0.1) is 0 Å². The Hall–Kier alpha value is -3.81. The predicted molar refractivity (Wildman–Crippen MR) is 108 cm³/mol. The van der Waals surface area contributed by atoms with E-state index in [0.29, 0.717) is 28.3 Å². The quantitative estimate of drug-likeness (QED) is 0.512. The maximum atomic E-state index is 12.7. The lowest BCUT2D eigenvalue weighted by atomic mass is 9.95. The van der Waals surface area contributed by atoms with Gasteiger partial charge in [0.2, 0.25) is 0 Å². The molecule has 0 saturated heterocycles. The first-order chi connectivity index (χ1) is 14.5. The van der Waals surface area contributed by atoms with Crippen molar-refractivity contribution < 1.29 is 28.6 Å². The molecule has 0 spiro atoms. The SMILES string of the molecule is CCOC(=O)C1=C(COc2ccc(C=O)cc2)NC(=O)NC1c1ccc(OC)cc1. The number of hydrogen-bond donors (Lipinski definition) is 2. The summed E-state index contributed by atoms with van der Waals surface area (Å²) in [6.45, 7) is 1.84. The maximum absolute atomic E-state index is 12.7. The lowest BCUT2D eigenvalue weighted by Gasteiger charge is -2.29. The molecule has 2 amide bonds. The van der Waals surface area contributed by atoms with Gasteiger partial charge >= 0.3 is 12.0 Å². The highest BCUT2D eigenvalue weighted by atomic mass is 16.5. The van der Waals surface area contributed by atoms with Crippen molar-refractivity contribution in [1.29, 1.82) is 0 Å². The zero-order valence-electron chi connectivity index (χ0n) is 16.6. The average Bonchev–Trinajstić information content (AvgIpc) is 2.77. The minimum absolute atomic E-state index is 0.0609. The molecule has 1 heterocycles. The zero-order valence-corrected chi connectivity index (χ0v) is 16.6. The molecule has 156 valence electrons. The molecule has 8 heteroatoms. The van der Waals surface area contributed by atoms with Gasteiger partial charge in [-0.1, -0.05) is 12.1 Å². The van der Waals surface area contributed by atoms with Crippen molar-refractivity contribution >= 4 is 18.3 Å². The van der Waals surface area contributed by atoms with E-state index >= 15 is 0 Å². The number of esters is 1. The van der Waals surface area contributed by atoms with Crippen LogP contribution in [0.1, 0.15) is 28.9 Å². The number of aldehydes is 1. The molecule has 1 atom stereocenters. The lowest BCUT2D eigenvalue weighted by Crippen LogP contribution is -2.47. The zero-order chi connectivity index (χ0) is 21.5. The molecule has 3 rings (SSSR count). The summed E-state index contributed by atoms with van der Waals surface area (Å²) < 4.78 is 16.1. The van der Waals surface area contributed by atoms with Crippen LogP contribution >= 0.6 is 0 Å². The van der Waals surface area contributed by atoms with Crippen LogP contribution < -0.4 is 20.1 Å². The van der Waals surface area contributed by atoms with Gasteiger partial charge in [0.1, 0.15) is 24.4 Å². The number of carbonyl (C=O) groups is 3. The van der Waals surface area contributed by atoms with Gasteiger partial charge in [-0.05, 0) is 48.9 Å². The second-order valence-electron chi connectivity index (χ2n) is 6.39. The maximum Gasteiger partial charge on any atom is 0.338 e. The van der Waals surface area contributed by atoms with Crippen molar-refractivity contribution in [3.05, 3.63) is 70.9 Å². The number of nitrogens with one attached hydrogen (secondary N) is 2. The van der Waals surface area contributed by atoms with E-state index in [-0.39, 0.29) is 18.8 Å². The molecule has 0 bridgehead atoms. The van der Waals surface area contributed by atoms with Crippen LogP contribution in [0.3, 0.4) is 0 Å². The number of methoxy groups -OCH3 is 1. The Labute approximate surface area is 173 Å². The van der Waals surface area contributed by atoms with Gasteiger partial charge in [0.05, 0.1) is 31.0 Å².